The summed E-state index contributed by atoms with van der Waals surface area (Å²) in [6.45, 7) is 3.74. The van der Waals surface area contributed by atoms with E-state index in [1.807, 2.05) is 13.8 Å². The Kier molecular flexibility index (Phi) is 4.51. The summed E-state index contributed by atoms with van der Waals surface area (Å²) in [6, 6.07) is 5.93. The molecule has 0 spiro atoms. The lowest BCUT2D eigenvalue weighted by Gasteiger charge is -2.06. The van der Waals surface area contributed by atoms with Crippen LogP contribution in [-0.2, 0) is 0 Å². The third-order valence-electron chi connectivity index (χ3n) is 1.76. The van der Waals surface area contributed by atoms with Crippen LogP contribution in [0.25, 0.3) is 6.08 Å². The molecule has 0 heterocycles. The van der Waals surface area contributed by atoms with Crippen molar-refractivity contribution in [1.29, 1.82) is 0 Å². The van der Waals surface area contributed by atoms with E-state index < -0.39 is 0 Å². The summed E-state index contributed by atoms with van der Waals surface area (Å²) >= 11 is 0. The van der Waals surface area contributed by atoms with Crippen molar-refractivity contribution in [3.63, 3.8) is 0 Å². The van der Waals surface area contributed by atoms with Gasteiger partial charge in [-0.25, -0.2) is 9.18 Å². The molecule has 0 aliphatic rings. The molecule has 2 N–H and O–H groups in total. The van der Waals surface area contributed by atoms with Gasteiger partial charge in [0.25, 0.3) is 0 Å². The fourth-order valence-electron chi connectivity index (χ4n) is 1.13. The number of hydrogen-bond acceptors (Lipinski definition) is 1. The number of carbonyl (C=O) groups is 1. The Labute approximate surface area is 94.4 Å². The molecular formula is C12H15FN2O. The van der Waals surface area contributed by atoms with Gasteiger partial charge in [-0.1, -0.05) is 12.1 Å². The van der Waals surface area contributed by atoms with Crippen LogP contribution in [0.3, 0.4) is 0 Å². The number of halogens is 1. The maximum atomic E-state index is 12.8. The summed E-state index contributed by atoms with van der Waals surface area (Å²) in [5.74, 6) is -0.297. The molecule has 0 unspecified atom stereocenters. The average molecular weight is 222 g/mol. The first-order valence-corrected chi connectivity index (χ1v) is 5.07. The molecule has 0 aromatic heterocycles. The van der Waals surface area contributed by atoms with Gasteiger partial charge >= 0.3 is 6.03 Å². The fraction of sp³-hybridized carbons (Fsp3) is 0.250. The molecule has 0 saturated heterocycles. The van der Waals surface area contributed by atoms with Gasteiger partial charge in [-0.3, -0.25) is 0 Å². The third-order valence-corrected chi connectivity index (χ3v) is 1.76. The van der Waals surface area contributed by atoms with E-state index in [-0.39, 0.29) is 17.9 Å². The van der Waals surface area contributed by atoms with Crippen molar-refractivity contribution in [2.24, 2.45) is 0 Å². The number of hydrogen-bond donors (Lipinski definition) is 2. The largest absolute Gasteiger partial charge is 0.336 e. The van der Waals surface area contributed by atoms with Crippen molar-refractivity contribution < 1.29 is 9.18 Å². The SMILES string of the molecule is CC(C)NC(=O)N/C=C/c1cccc(F)c1. The quantitative estimate of drug-likeness (QED) is 0.810. The molecule has 1 aromatic carbocycles. The highest BCUT2D eigenvalue weighted by Gasteiger charge is 1.98. The van der Waals surface area contributed by atoms with Crippen LogP contribution in [0.1, 0.15) is 19.4 Å². The molecule has 3 nitrogen and oxygen atoms in total. The zero-order chi connectivity index (χ0) is 12.0. The number of carbonyl (C=O) groups excluding carboxylic acids is 1. The summed E-state index contributed by atoms with van der Waals surface area (Å²) < 4.78 is 12.8. The highest BCUT2D eigenvalue weighted by Crippen LogP contribution is 2.04. The first-order chi connectivity index (χ1) is 7.58. The minimum atomic E-state index is -0.297. The Morgan fingerprint density at radius 2 is 2.19 bits per heavy atom. The Hall–Kier alpha value is -1.84. The van der Waals surface area contributed by atoms with Gasteiger partial charge < -0.3 is 10.6 Å². The van der Waals surface area contributed by atoms with Gasteiger partial charge in [0, 0.05) is 12.2 Å². The van der Waals surface area contributed by atoms with Gasteiger partial charge in [0.05, 0.1) is 0 Å². The fourth-order valence-corrected chi connectivity index (χ4v) is 1.13. The van der Waals surface area contributed by atoms with E-state index in [1.165, 1.54) is 18.3 Å². The van der Waals surface area contributed by atoms with E-state index in [2.05, 4.69) is 10.6 Å². The van der Waals surface area contributed by atoms with Crippen LogP contribution < -0.4 is 10.6 Å². The van der Waals surface area contributed by atoms with Gasteiger partial charge in [-0.2, -0.15) is 0 Å². The van der Waals surface area contributed by atoms with Crippen LogP contribution in [0.2, 0.25) is 0 Å². The molecule has 2 amide bonds. The van der Waals surface area contributed by atoms with Crippen LogP contribution in [0.5, 0.6) is 0 Å². The van der Waals surface area contributed by atoms with E-state index in [9.17, 15) is 9.18 Å². The lowest BCUT2D eigenvalue weighted by molar-refractivity contribution is 0.242. The Bertz CT molecular complexity index is 388. The molecule has 86 valence electrons. The minimum Gasteiger partial charge on any atom is -0.336 e. The lowest BCUT2D eigenvalue weighted by atomic mass is 10.2. The van der Waals surface area contributed by atoms with Crippen molar-refractivity contribution in [3.05, 3.63) is 41.8 Å². The van der Waals surface area contributed by atoms with Crippen molar-refractivity contribution in [2.45, 2.75) is 19.9 Å². The number of amides is 2. The van der Waals surface area contributed by atoms with E-state index in [4.69, 9.17) is 0 Å². The van der Waals surface area contributed by atoms with Crippen LogP contribution in [-0.4, -0.2) is 12.1 Å². The normalized spacial score (nSPS) is 10.8. The van der Waals surface area contributed by atoms with Crippen LogP contribution in [0, 0.1) is 5.82 Å². The van der Waals surface area contributed by atoms with Crippen molar-refractivity contribution >= 4 is 12.1 Å². The molecule has 0 bridgehead atoms. The van der Waals surface area contributed by atoms with Crippen LogP contribution in [0.4, 0.5) is 9.18 Å². The summed E-state index contributed by atoms with van der Waals surface area (Å²) in [5.41, 5.74) is 0.699. The summed E-state index contributed by atoms with van der Waals surface area (Å²) in [6.07, 6.45) is 3.11. The van der Waals surface area contributed by atoms with E-state index in [0.29, 0.717) is 5.56 Å². The highest BCUT2D eigenvalue weighted by atomic mass is 19.1. The van der Waals surface area contributed by atoms with Crippen molar-refractivity contribution in [1.82, 2.24) is 10.6 Å². The standard InChI is InChI=1S/C12H15FN2O/c1-9(2)15-12(16)14-7-6-10-4-3-5-11(13)8-10/h3-9H,1-2H3,(H2,14,15,16)/b7-6+. The first kappa shape index (κ1) is 12.2. The molecule has 1 aromatic rings. The predicted octanol–water partition coefficient (Wildman–Crippen LogP) is 2.50. The Morgan fingerprint density at radius 1 is 1.44 bits per heavy atom. The van der Waals surface area contributed by atoms with Crippen LogP contribution >= 0.6 is 0 Å². The summed E-state index contributed by atoms with van der Waals surface area (Å²) in [4.78, 5) is 11.2. The number of nitrogens with one attached hydrogen (secondary N) is 2. The Balaban J connectivity index is 2.46. The lowest BCUT2D eigenvalue weighted by Crippen LogP contribution is -2.36. The van der Waals surface area contributed by atoms with E-state index >= 15 is 0 Å². The molecule has 4 heteroatoms. The third kappa shape index (κ3) is 4.59. The summed E-state index contributed by atoms with van der Waals surface area (Å²) in [7, 11) is 0. The van der Waals surface area contributed by atoms with Crippen molar-refractivity contribution in [2.75, 3.05) is 0 Å². The van der Waals surface area contributed by atoms with Gasteiger partial charge in [-0.15, -0.1) is 0 Å². The molecule has 16 heavy (non-hydrogen) atoms. The van der Waals surface area contributed by atoms with E-state index in [0.717, 1.165) is 0 Å². The highest BCUT2D eigenvalue weighted by molar-refractivity contribution is 5.76. The van der Waals surface area contributed by atoms with Gasteiger partial charge in [0.1, 0.15) is 5.82 Å². The zero-order valence-corrected chi connectivity index (χ0v) is 9.33. The monoisotopic (exact) mass is 222 g/mol. The molecule has 0 aliphatic carbocycles. The first-order valence-electron chi connectivity index (χ1n) is 5.07. The molecular weight excluding hydrogens is 207 g/mol. The summed E-state index contributed by atoms with van der Waals surface area (Å²) in [5, 5.41) is 5.19. The number of rotatable bonds is 3. The second-order valence-electron chi connectivity index (χ2n) is 3.66. The second kappa shape index (κ2) is 5.90. The predicted molar refractivity (Wildman–Crippen MR) is 62.2 cm³/mol. The molecule has 1 rings (SSSR count). The molecule has 0 aliphatic heterocycles. The van der Waals surface area contributed by atoms with Gasteiger partial charge in [0.15, 0.2) is 0 Å². The topological polar surface area (TPSA) is 41.1 Å². The maximum absolute atomic E-state index is 12.8. The molecule has 0 fully saturated rings. The number of benzene rings is 1. The minimum absolute atomic E-state index is 0.0857. The van der Waals surface area contributed by atoms with E-state index in [1.54, 1.807) is 18.2 Å². The van der Waals surface area contributed by atoms with Gasteiger partial charge in [-0.05, 0) is 37.6 Å². The van der Waals surface area contributed by atoms with Gasteiger partial charge in [0.2, 0.25) is 0 Å². The Morgan fingerprint density at radius 3 is 2.81 bits per heavy atom. The molecule has 0 radical (unpaired) electrons. The number of urea groups is 1. The van der Waals surface area contributed by atoms with Crippen molar-refractivity contribution in [3.8, 4) is 0 Å². The average Bonchev–Trinajstić information content (AvgIpc) is 2.16. The smallest absolute Gasteiger partial charge is 0.318 e. The maximum Gasteiger partial charge on any atom is 0.318 e. The van der Waals surface area contributed by atoms with Crippen LogP contribution in [0.15, 0.2) is 30.5 Å². The molecule has 0 atom stereocenters. The molecule has 0 saturated carbocycles. The zero-order valence-electron chi connectivity index (χ0n) is 9.33. The second-order valence-corrected chi connectivity index (χ2v) is 3.66.